The van der Waals surface area contributed by atoms with Crippen molar-refractivity contribution in [2.24, 2.45) is 17.8 Å². The third-order valence-corrected chi connectivity index (χ3v) is 13.3. The number of halogens is 1. The molecule has 10 atom stereocenters. The smallest absolute Gasteiger partial charge is 0.248 e. The quantitative estimate of drug-likeness (QED) is 0.228. The zero-order valence-electron chi connectivity index (χ0n) is 46.5. The van der Waals surface area contributed by atoms with Crippen molar-refractivity contribution < 1.29 is 53.0 Å². The summed E-state index contributed by atoms with van der Waals surface area (Å²) in [4.78, 5) is 135. The molecule has 0 saturated carbocycles. The third-order valence-electron chi connectivity index (χ3n) is 13.1. The maximum atomic E-state index is 14.8. The second kappa shape index (κ2) is 27.8. The first-order valence-corrected chi connectivity index (χ1v) is 25.6. The van der Waals surface area contributed by atoms with E-state index in [2.05, 4.69) is 21.3 Å². The van der Waals surface area contributed by atoms with Crippen molar-refractivity contribution in [2.75, 3.05) is 41.8 Å². The van der Waals surface area contributed by atoms with Crippen LogP contribution in [0.4, 0.5) is 0 Å². The lowest BCUT2D eigenvalue weighted by atomic mass is 9.98. The van der Waals surface area contributed by atoms with E-state index >= 15 is 0 Å². The molecule has 1 aromatic rings. The number of hydrogen-bond acceptors (Lipinski definition) is 11. The SMILES string of the molecule is CC(C)C[C@H]1C(=O)N[C@@H](COC(C)(C)C)C(=O)N[C@@H](C)CC(=O)N[C@H](C(C)C)C(=O)N(C)[C@@H](Cc2cccc(Cl)c2)C(=O)N(C)[C@@H](C)C(=O)N(C)[C@@H](CC(C)C)C(=O)N[C@@H]([C@@H](C)O)C(=O)N(C)[C@@H](C)C(=O)N1C. The normalized spacial score (nSPS) is 26.8. The fourth-order valence-electron chi connectivity index (χ4n) is 8.33. The summed E-state index contributed by atoms with van der Waals surface area (Å²) in [5, 5.41) is 22.3. The molecule has 0 aliphatic carbocycles. The van der Waals surface area contributed by atoms with Crippen molar-refractivity contribution in [1.82, 2.24) is 45.8 Å². The Labute approximate surface area is 438 Å². The number of aliphatic hydroxyl groups is 1. The molecule has 1 fully saturated rings. The summed E-state index contributed by atoms with van der Waals surface area (Å²) in [6, 6.07) is -4.20. The maximum absolute atomic E-state index is 14.8. The minimum absolute atomic E-state index is 0.0402. The van der Waals surface area contributed by atoms with Crippen molar-refractivity contribution in [1.29, 1.82) is 0 Å². The standard InChI is InChI=1S/C52H86ClN9O11/c1-28(2)22-38-45(66)55-37(27-73-52(11,12)13)44(65)54-31(7)24-41(64)56-42(30(5)6)50(71)62(18)40(26-35-20-19-21-36(53)25-35)49(70)58(14)32(8)47(68)61(17)39(23-29(3)4)46(67)57-43(34(10)63)51(72)59(15)33(9)48(69)60(38)16/h19-21,25,28-34,37-40,42-43,63H,22-24,26-27H2,1-18H3,(H,54,65)(H,55,66)(H,56,64)(H,57,67)/t31-,32-,33-,34+,37-,38-,39-,40-,42+,43-/m0/s1. The predicted molar refractivity (Wildman–Crippen MR) is 278 cm³/mol. The van der Waals surface area contributed by atoms with Crippen molar-refractivity contribution in [3.8, 4) is 0 Å². The molecule has 0 unspecified atom stereocenters. The van der Waals surface area contributed by atoms with Gasteiger partial charge < -0.3 is 55.6 Å². The summed E-state index contributed by atoms with van der Waals surface area (Å²) in [6.07, 6.45) is -1.57. The topological polar surface area (TPSA) is 247 Å². The van der Waals surface area contributed by atoms with E-state index in [1.54, 1.807) is 65.8 Å². The summed E-state index contributed by atoms with van der Waals surface area (Å²) in [5.41, 5.74) is -0.147. The van der Waals surface area contributed by atoms with E-state index in [0.717, 1.165) is 4.90 Å². The number of ether oxygens (including phenoxy) is 1. The van der Waals surface area contributed by atoms with Crippen LogP contribution in [0.25, 0.3) is 0 Å². The first-order valence-electron chi connectivity index (χ1n) is 25.2. The van der Waals surface area contributed by atoms with Crippen LogP contribution in [0.2, 0.25) is 5.02 Å². The molecule has 2 rings (SSSR count). The number of likely N-dealkylation sites (N-methyl/N-ethyl adjacent to an activating group) is 5. The van der Waals surface area contributed by atoms with Gasteiger partial charge in [-0.25, -0.2) is 0 Å². The van der Waals surface area contributed by atoms with E-state index < -0.39 is 125 Å². The van der Waals surface area contributed by atoms with Crippen molar-refractivity contribution in [3.63, 3.8) is 0 Å². The molecular formula is C52H86ClN9O11. The van der Waals surface area contributed by atoms with Gasteiger partial charge in [-0.15, -0.1) is 0 Å². The van der Waals surface area contributed by atoms with Gasteiger partial charge in [0, 0.05) is 59.1 Å². The van der Waals surface area contributed by atoms with E-state index in [0.29, 0.717) is 10.6 Å². The number of nitrogens with zero attached hydrogens (tertiary/aromatic N) is 5. The Kier molecular flexibility index (Phi) is 24.3. The lowest BCUT2D eigenvalue weighted by molar-refractivity contribution is -0.153. The number of amides is 9. The molecule has 1 aliphatic heterocycles. The number of nitrogens with one attached hydrogen (secondary N) is 4. The predicted octanol–water partition coefficient (Wildman–Crippen LogP) is 2.36. The van der Waals surface area contributed by atoms with Crippen LogP contribution in [0.5, 0.6) is 0 Å². The number of hydrogen-bond donors (Lipinski definition) is 5. The minimum Gasteiger partial charge on any atom is -0.391 e. The summed E-state index contributed by atoms with van der Waals surface area (Å²) >= 11 is 6.36. The molecule has 21 heteroatoms. The summed E-state index contributed by atoms with van der Waals surface area (Å²) in [5.74, 6) is -6.98. The summed E-state index contributed by atoms with van der Waals surface area (Å²) in [7, 11) is 6.96. The van der Waals surface area contributed by atoms with Gasteiger partial charge in [-0.3, -0.25) is 43.2 Å². The number of rotatable bonds is 10. The maximum Gasteiger partial charge on any atom is 0.248 e. The van der Waals surface area contributed by atoms with E-state index in [1.807, 2.05) is 27.7 Å². The molecule has 1 aromatic carbocycles. The van der Waals surface area contributed by atoms with Gasteiger partial charge in [-0.05, 0) is 96.8 Å². The second-order valence-electron chi connectivity index (χ2n) is 21.9. The molecule has 412 valence electrons. The zero-order chi connectivity index (χ0) is 56.1. The van der Waals surface area contributed by atoms with Crippen LogP contribution >= 0.6 is 11.6 Å². The van der Waals surface area contributed by atoms with E-state index in [-0.39, 0.29) is 44.1 Å². The van der Waals surface area contributed by atoms with Crippen LogP contribution in [0, 0.1) is 17.8 Å². The van der Waals surface area contributed by atoms with Crippen LogP contribution in [0.3, 0.4) is 0 Å². The number of aliphatic hydroxyl groups excluding tert-OH is 1. The highest BCUT2D eigenvalue weighted by Crippen LogP contribution is 2.22. The van der Waals surface area contributed by atoms with Gasteiger partial charge in [-0.2, -0.15) is 0 Å². The lowest BCUT2D eigenvalue weighted by Crippen LogP contribution is -2.62. The molecule has 20 nitrogen and oxygen atoms in total. The van der Waals surface area contributed by atoms with Gasteiger partial charge >= 0.3 is 0 Å². The Hall–Kier alpha value is -5.34. The van der Waals surface area contributed by atoms with Crippen molar-refractivity contribution >= 4 is 64.8 Å². The van der Waals surface area contributed by atoms with Gasteiger partial charge in [0.1, 0.15) is 48.3 Å². The Morgan fingerprint density at radius 2 is 1.08 bits per heavy atom. The largest absolute Gasteiger partial charge is 0.391 e. The first-order chi connectivity index (χ1) is 33.6. The van der Waals surface area contributed by atoms with Gasteiger partial charge in [0.25, 0.3) is 0 Å². The number of benzene rings is 1. The van der Waals surface area contributed by atoms with Crippen LogP contribution < -0.4 is 21.3 Å². The highest BCUT2D eigenvalue weighted by molar-refractivity contribution is 6.30. The zero-order valence-corrected chi connectivity index (χ0v) is 47.3. The average Bonchev–Trinajstić information content (AvgIpc) is 3.29. The Balaban J connectivity index is 2.85. The highest BCUT2D eigenvalue weighted by Gasteiger charge is 2.42. The summed E-state index contributed by atoms with van der Waals surface area (Å²) < 4.78 is 5.97. The fourth-order valence-corrected chi connectivity index (χ4v) is 8.54. The molecule has 1 aliphatic rings. The number of carbonyl (C=O) groups excluding carboxylic acids is 9. The monoisotopic (exact) mass is 1050 g/mol. The molecule has 73 heavy (non-hydrogen) atoms. The van der Waals surface area contributed by atoms with E-state index in [9.17, 15) is 48.3 Å². The first kappa shape index (κ1) is 63.8. The number of carbonyl (C=O) groups is 9. The molecule has 9 amide bonds. The van der Waals surface area contributed by atoms with Gasteiger partial charge in [-0.1, -0.05) is 65.3 Å². The minimum atomic E-state index is -1.59. The molecule has 0 radical (unpaired) electrons. The van der Waals surface area contributed by atoms with E-state index in [4.69, 9.17) is 16.3 Å². The lowest BCUT2D eigenvalue weighted by Gasteiger charge is -2.38. The Bertz CT molecular complexity index is 2110. The summed E-state index contributed by atoms with van der Waals surface area (Å²) in [6.45, 7) is 21.7. The highest BCUT2D eigenvalue weighted by atomic mass is 35.5. The molecule has 0 bridgehead atoms. The molecule has 1 heterocycles. The van der Waals surface area contributed by atoms with Crippen molar-refractivity contribution in [3.05, 3.63) is 34.9 Å². The average molecular weight is 1050 g/mol. The van der Waals surface area contributed by atoms with Crippen LogP contribution in [-0.2, 0) is 54.3 Å². The van der Waals surface area contributed by atoms with Crippen molar-refractivity contribution in [2.45, 2.75) is 182 Å². The molecular weight excluding hydrogens is 962 g/mol. The van der Waals surface area contributed by atoms with Crippen LogP contribution in [0.1, 0.15) is 115 Å². The molecule has 5 N–H and O–H groups in total. The molecule has 1 saturated heterocycles. The van der Waals surface area contributed by atoms with Crippen LogP contribution in [0.15, 0.2) is 24.3 Å². The Morgan fingerprint density at radius 3 is 1.53 bits per heavy atom. The fraction of sp³-hybridized carbons (Fsp3) is 0.712. The second-order valence-corrected chi connectivity index (χ2v) is 22.3. The van der Waals surface area contributed by atoms with Gasteiger partial charge in [0.15, 0.2) is 0 Å². The molecule has 0 spiro atoms. The molecule has 0 aromatic heterocycles. The van der Waals surface area contributed by atoms with E-state index in [1.165, 1.54) is 75.6 Å². The van der Waals surface area contributed by atoms with Gasteiger partial charge in [0.05, 0.1) is 18.3 Å². The third kappa shape index (κ3) is 18.5. The van der Waals surface area contributed by atoms with Gasteiger partial charge in [0.2, 0.25) is 53.2 Å². The Morgan fingerprint density at radius 1 is 0.616 bits per heavy atom. The van der Waals surface area contributed by atoms with Crippen LogP contribution in [-0.4, -0.2) is 191 Å².